The zero-order valence-electron chi connectivity index (χ0n) is 15.1. The Morgan fingerprint density at radius 2 is 1.57 bits per heavy atom. The van der Waals surface area contributed by atoms with Crippen molar-refractivity contribution in [1.82, 2.24) is 0 Å². The molecule has 3 nitrogen and oxygen atoms in total. The third kappa shape index (κ3) is 6.59. The van der Waals surface area contributed by atoms with Crippen molar-refractivity contribution in [3.05, 3.63) is 42.5 Å². The molecule has 0 aliphatic heterocycles. The van der Waals surface area contributed by atoms with Gasteiger partial charge in [0.15, 0.2) is 0 Å². The minimum atomic E-state index is -3.52. The van der Waals surface area contributed by atoms with Crippen LogP contribution in [0.4, 0.5) is 0 Å². The van der Waals surface area contributed by atoms with Crippen LogP contribution in [0.2, 0.25) is 0 Å². The summed E-state index contributed by atoms with van der Waals surface area (Å²) in [6, 6.07) is 13.1. The van der Waals surface area contributed by atoms with Gasteiger partial charge in [-0.25, -0.2) is 0 Å². The molecule has 5 heteroatoms. The average Bonchev–Trinajstić information content (AvgIpc) is 2.51. The molecule has 2 rings (SSSR count). The van der Waals surface area contributed by atoms with E-state index in [4.69, 9.17) is 4.18 Å². The van der Waals surface area contributed by atoms with Gasteiger partial charge in [-0.1, -0.05) is 75.4 Å². The molecule has 0 atom stereocenters. The van der Waals surface area contributed by atoms with E-state index in [1.54, 1.807) is 6.07 Å². The number of unbranched alkanes of at least 4 members (excludes halogenated alkanes) is 5. The topological polar surface area (TPSA) is 43.4 Å². The summed E-state index contributed by atoms with van der Waals surface area (Å²) in [5, 5.41) is 1.81. The first-order valence-corrected chi connectivity index (χ1v) is 9.60. The molecule has 0 radical (unpaired) electrons. The fraction of sp³-hybridized carbons (Fsp3) is 0.444. The summed E-state index contributed by atoms with van der Waals surface area (Å²) >= 11 is 0. The quantitative estimate of drug-likeness (QED) is 0.402. The Kier molecular flexibility index (Phi) is 8.76. The Bertz CT molecular complexity index is 699. The second-order valence-corrected chi connectivity index (χ2v) is 7.28. The van der Waals surface area contributed by atoms with E-state index in [-0.39, 0.29) is 26.0 Å². The Morgan fingerprint density at radius 3 is 2.35 bits per heavy atom. The van der Waals surface area contributed by atoms with Gasteiger partial charge in [0, 0.05) is 5.39 Å². The van der Waals surface area contributed by atoms with Crippen LogP contribution in [-0.4, -0.2) is 14.2 Å². The van der Waals surface area contributed by atoms with Crippen molar-refractivity contribution in [2.24, 2.45) is 0 Å². The number of fused-ring (bicyclic) bond motifs is 1. The van der Waals surface area contributed by atoms with Crippen LogP contribution in [0.25, 0.3) is 10.8 Å². The van der Waals surface area contributed by atoms with Gasteiger partial charge in [0.1, 0.15) is 5.75 Å². The van der Waals surface area contributed by atoms with Crippen molar-refractivity contribution in [3.8, 4) is 5.75 Å². The van der Waals surface area contributed by atoms with Crippen molar-refractivity contribution in [1.29, 1.82) is 0 Å². The predicted octanol–water partition coefficient (Wildman–Crippen LogP) is 2.03. The number of rotatable bonds is 9. The van der Waals surface area contributed by atoms with Crippen LogP contribution in [0.1, 0.15) is 46.9 Å². The fourth-order valence-corrected chi connectivity index (χ4v) is 3.57. The summed E-state index contributed by atoms with van der Waals surface area (Å²) in [7, 11) is -3.52. The molecule has 0 aromatic heterocycles. The molecular weight excluding hydrogens is 303 g/mol. The van der Waals surface area contributed by atoms with E-state index < -0.39 is 10.1 Å². The Hall–Kier alpha value is -0.953. The molecule has 0 bridgehead atoms. The first-order valence-electron chi connectivity index (χ1n) is 8.02. The zero-order chi connectivity index (χ0) is 15.8. The number of hydrogen-bond donors (Lipinski definition) is 0. The second-order valence-electron chi connectivity index (χ2n) is 5.59. The van der Waals surface area contributed by atoms with E-state index >= 15 is 0 Å². The minimum absolute atomic E-state index is 0. The molecule has 0 fully saturated rings. The SMILES string of the molecule is CCCCCCCCS(=O)(=O)Oc1cccc2ccccc12.[H-].[Li+]. The molecular formula is C18H25LiO3S. The van der Waals surface area contributed by atoms with Crippen LogP contribution in [0.3, 0.4) is 0 Å². The van der Waals surface area contributed by atoms with Crippen LogP contribution >= 0.6 is 0 Å². The molecule has 23 heavy (non-hydrogen) atoms. The van der Waals surface area contributed by atoms with Gasteiger partial charge in [0.2, 0.25) is 0 Å². The van der Waals surface area contributed by atoms with Crippen molar-refractivity contribution < 1.29 is 32.9 Å². The van der Waals surface area contributed by atoms with Crippen molar-refractivity contribution >= 4 is 20.9 Å². The molecule has 0 saturated heterocycles. The molecule has 0 aliphatic rings. The minimum Gasteiger partial charge on any atom is -1.00 e. The molecule has 0 spiro atoms. The maximum absolute atomic E-state index is 12.1. The van der Waals surface area contributed by atoms with E-state index in [1.165, 1.54) is 19.3 Å². The molecule has 0 aliphatic carbocycles. The first-order chi connectivity index (χ1) is 10.6. The van der Waals surface area contributed by atoms with Gasteiger partial charge in [0.25, 0.3) is 0 Å². The van der Waals surface area contributed by atoms with Gasteiger partial charge in [-0.05, 0) is 17.9 Å². The third-order valence-electron chi connectivity index (χ3n) is 3.71. The number of benzene rings is 2. The molecule has 0 unspecified atom stereocenters. The summed E-state index contributed by atoms with van der Waals surface area (Å²) in [6.45, 7) is 2.17. The molecule has 0 heterocycles. The van der Waals surface area contributed by atoms with Gasteiger partial charge >= 0.3 is 29.0 Å². The Morgan fingerprint density at radius 1 is 0.913 bits per heavy atom. The largest absolute Gasteiger partial charge is 1.00 e. The van der Waals surface area contributed by atoms with Crippen LogP contribution in [0.5, 0.6) is 5.75 Å². The Labute approximate surface area is 153 Å². The summed E-state index contributed by atoms with van der Waals surface area (Å²) < 4.78 is 29.5. The summed E-state index contributed by atoms with van der Waals surface area (Å²) in [6.07, 6.45) is 6.30. The van der Waals surface area contributed by atoms with Gasteiger partial charge in [-0.2, -0.15) is 8.42 Å². The maximum atomic E-state index is 12.1. The van der Waals surface area contributed by atoms with E-state index in [0.717, 1.165) is 23.6 Å². The van der Waals surface area contributed by atoms with Gasteiger partial charge < -0.3 is 5.61 Å². The van der Waals surface area contributed by atoms with Crippen LogP contribution < -0.4 is 23.0 Å². The maximum Gasteiger partial charge on any atom is 1.00 e. The molecule has 2 aromatic rings. The van der Waals surface area contributed by atoms with Crippen LogP contribution in [0.15, 0.2) is 42.5 Å². The standard InChI is InChI=1S/C18H24O3S.Li.H/c1-2-3-4-5-6-9-15-22(19,20)21-18-14-10-12-16-11-7-8-13-17(16)18;;/h7-8,10-14H,2-6,9,15H2,1H3;;/q;+1;-1. The third-order valence-corrected chi connectivity index (χ3v) is 4.94. The van der Waals surface area contributed by atoms with E-state index in [9.17, 15) is 8.42 Å². The van der Waals surface area contributed by atoms with E-state index in [1.807, 2.05) is 36.4 Å². The van der Waals surface area contributed by atoms with Crippen molar-refractivity contribution in [2.45, 2.75) is 45.4 Å². The molecule has 122 valence electrons. The summed E-state index contributed by atoms with van der Waals surface area (Å²) in [5.41, 5.74) is 0. The van der Waals surface area contributed by atoms with Gasteiger partial charge in [0.05, 0.1) is 5.75 Å². The summed E-state index contributed by atoms with van der Waals surface area (Å²) in [5.74, 6) is 0.506. The first kappa shape index (κ1) is 20.1. The smallest absolute Gasteiger partial charge is 1.00 e. The van der Waals surface area contributed by atoms with Crippen LogP contribution in [0, 0.1) is 0 Å². The van der Waals surface area contributed by atoms with E-state index in [0.29, 0.717) is 12.2 Å². The Balaban J connectivity index is 0.00000264. The van der Waals surface area contributed by atoms with Crippen LogP contribution in [-0.2, 0) is 10.1 Å². The second kappa shape index (κ2) is 10.0. The predicted molar refractivity (Wildman–Crippen MR) is 92.9 cm³/mol. The zero-order valence-corrected chi connectivity index (χ0v) is 14.9. The summed E-state index contributed by atoms with van der Waals surface area (Å²) in [4.78, 5) is 0. The molecule has 2 aromatic carbocycles. The molecule has 0 amide bonds. The van der Waals surface area contributed by atoms with Gasteiger partial charge in [-0.15, -0.1) is 0 Å². The molecule has 0 N–H and O–H groups in total. The molecule has 0 saturated carbocycles. The van der Waals surface area contributed by atoms with Crippen molar-refractivity contribution in [2.75, 3.05) is 5.75 Å². The average molecular weight is 328 g/mol. The monoisotopic (exact) mass is 328 g/mol. The van der Waals surface area contributed by atoms with E-state index in [2.05, 4.69) is 6.92 Å². The number of hydrogen-bond acceptors (Lipinski definition) is 3. The fourth-order valence-electron chi connectivity index (χ4n) is 2.51. The normalized spacial score (nSPS) is 11.2. The van der Waals surface area contributed by atoms with Crippen molar-refractivity contribution in [3.63, 3.8) is 0 Å². The van der Waals surface area contributed by atoms with Gasteiger partial charge in [-0.3, -0.25) is 0 Å².